The van der Waals surface area contributed by atoms with Crippen molar-refractivity contribution in [3.63, 3.8) is 0 Å². The molecule has 14 heavy (non-hydrogen) atoms. The van der Waals surface area contributed by atoms with E-state index in [2.05, 4.69) is 15.4 Å². The number of carbonyl (C=O) groups is 2. The molecule has 1 saturated heterocycles. The molecule has 1 amide bonds. The number of aliphatic hydroxyl groups excluding tert-OH is 1. The molecule has 1 fully saturated rings. The number of methoxy groups -OCH3 is 1. The fourth-order valence-electron chi connectivity index (χ4n) is 0.979. The largest absolute Gasteiger partial charge is 0.466 e. The molecule has 0 spiro atoms. The highest BCUT2D eigenvalue weighted by molar-refractivity contribution is 5.99. The molecule has 6 heteroatoms. The minimum Gasteiger partial charge on any atom is -0.466 e. The third-order valence-electron chi connectivity index (χ3n) is 1.73. The lowest BCUT2D eigenvalue weighted by atomic mass is 10.3. The molecule has 6 nitrogen and oxygen atoms in total. The van der Waals surface area contributed by atoms with Crippen LogP contribution in [0.1, 0.15) is 0 Å². The number of aliphatic hydroxyl groups is 1. The Morgan fingerprint density at radius 3 is 2.86 bits per heavy atom. The number of β-amino-alcohol motifs (C(OH)–C–C–N with tert-alkyl or cyclic N) is 1. The van der Waals surface area contributed by atoms with Crippen LogP contribution >= 0.6 is 0 Å². The van der Waals surface area contributed by atoms with E-state index in [4.69, 9.17) is 0 Å². The number of carbonyl (C=O) groups excluding carboxylic acids is 2. The molecule has 0 saturated carbocycles. The van der Waals surface area contributed by atoms with Gasteiger partial charge in [-0.3, -0.25) is 4.79 Å². The highest BCUT2D eigenvalue weighted by Crippen LogP contribution is 1.96. The van der Waals surface area contributed by atoms with Crippen LogP contribution in [0.5, 0.6) is 0 Å². The normalized spacial score (nSPS) is 24.9. The van der Waals surface area contributed by atoms with Crippen molar-refractivity contribution >= 4 is 11.9 Å². The van der Waals surface area contributed by atoms with E-state index >= 15 is 0 Å². The molecule has 0 aromatic carbocycles. The van der Waals surface area contributed by atoms with Crippen LogP contribution in [0.3, 0.4) is 0 Å². The van der Waals surface area contributed by atoms with Gasteiger partial charge in [0.2, 0.25) is 0 Å². The maximum Gasteiger partial charge on any atom is 0.332 e. The number of ether oxygens (including phenoxy) is 1. The first-order chi connectivity index (χ1) is 6.63. The monoisotopic (exact) mass is 200 g/mol. The summed E-state index contributed by atoms with van der Waals surface area (Å²) in [5.41, 5.74) is 0.105. The Morgan fingerprint density at radius 2 is 2.21 bits per heavy atom. The highest BCUT2D eigenvalue weighted by Gasteiger charge is 2.18. The average molecular weight is 200 g/mol. The minimum absolute atomic E-state index is 0.105. The Hall–Kier alpha value is -1.56. The molecule has 78 valence electrons. The van der Waals surface area contributed by atoms with Crippen molar-refractivity contribution in [2.75, 3.05) is 20.2 Å². The van der Waals surface area contributed by atoms with Gasteiger partial charge in [-0.1, -0.05) is 0 Å². The van der Waals surface area contributed by atoms with Gasteiger partial charge in [-0.05, 0) is 0 Å². The molecular weight excluding hydrogens is 188 g/mol. The summed E-state index contributed by atoms with van der Waals surface area (Å²) < 4.78 is 4.37. The van der Waals surface area contributed by atoms with Crippen molar-refractivity contribution in [2.45, 2.75) is 6.10 Å². The Balaban J connectivity index is 2.71. The van der Waals surface area contributed by atoms with E-state index in [1.54, 1.807) is 0 Å². The first kappa shape index (κ1) is 10.5. The predicted octanol–water partition coefficient (Wildman–Crippen LogP) is -1.88. The second kappa shape index (κ2) is 4.61. The smallest absolute Gasteiger partial charge is 0.332 e. The van der Waals surface area contributed by atoms with Gasteiger partial charge in [0.05, 0.1) is 19.3 Å². The second-order valence-corrected chi connectivity index (χ2v) is 2.83. The van der Waals surface area contributed by atoms with Crippen molar-refractivity contribution in [1.29, 1.82) is 0 Å². The van der Waals surface area contributed by atoms with Gasteiger partial charge >= 0.3 is 5.97 Å². The summed E-state index contributed by atoms with van der Waals surface area (Å²) in [6.45, 7) is 0.395. The third kappa shape index (κ3) is 2.74. The first-order valence-electron chi connectivity index (χ1n) is 4.13. The lowest BCUT2D eigenvalue weighted by Crippen LogP contribution is -2.30. The van der Waals surface area contributed by atoms with Crippen LogP contribution in [-0.2, 0) is 14.3 Å². The van der Waals surface area contributed by atoms with Crippen LogP contribution in [-0.4, -0.2) is 43.3 Å². The summed E-state index contributed by atoms with van der Waals surface area (Å²) in [5, 5.41) is 14.3. The van der Waals surface area contributed by atoms with E-state index < -0.39 is 18.0 Å². The molecule has 0 aromatic rings. The number of hydrogen-bond donors (Lipinski definition) is 3. The fourth-order valence-corrected chi connectivity index (χ4v) is 0.979. The van der Waals surface area contributed by atoms with Gasteiger partial charge < -0.3 is 20.5 Å². The summed E-state index contributed by atoms with van der Waals surface area (Å²) in [7, 11) is 1.23. The second-order valence-electron chi connectivity index (χ2n) is 2.83. The Morgan fingerprint density at radius 1 is 1.57 bits per heavy atom. The molecule has 0 aromatic heterocycles. The lowest BCUT2D eigenvalue weighted by Gasteiger charge is -2.05. The first-order valence-corrected chi connectivity index (χ1v) is 4.13. The van der Waals surface area contributed by atoms with Gasteiger partial charge in [-0.25, -0.2) is 4.79 Å². The number of hydrogen-bond acceptors (Lipinski definition) is 5. The number of esters is 1. The predicted molar refractivity (Wildman–Crippen MR) is 47.1 cm³/mol. The number of nitrogens with one attached hydrogen (secondary N) is 2. The molecule has 1 aliphatic heterocycles. The molecule has 0 bridgehead atoms. The zero-order valence-corrected chi connectivity index (χ0v) is 7.74. The molecule has 1 aliphatic rings. The van der Waals surface area contributed by atoms with E-state index in [1.165, 1.54) is 7.11 Å². The van der Waals surface area contributed by atoms with Gasteiger partial charge in [-0.2, -0.15) is 0 Å². The summed E-state index contributed by atoms with van der Waals surface area (Å²) in [6, 6.07) is 0. The zero-order chi connectivity index (χ0) is 10.6. The number of rotatable bonds is 1. The maximum atomic E-state index is 11.3. The van der Waals surface area contributed by atoms with Gasteiger partial charge in [-0.15, -0.1) is 0 Å². The molecular formula is C8H12N2O4. The van der Waals surface area contributed by atoms with E-state index in [0.717, 1.165) is 6.08 Å². The minimum atomic E-state index is -0.650. The zero-order valence-electron chi connectivity index (χ0n) is 7.74. The SMILES string of the molecule is COC(=O)/C=C1/NCC(O)CNC1=O. The molecule has 0 radical (unpaired) electrons. The average Bonchev–Trinajstić information content (AvgIpc) is 2.33. The summed E-state index contributed by atoms with van der Waals surface area (Å²) >= 11 is 0. The van der Waals surface area contributed by atoms with Gasteiger partial charge in [0.15, 0.2) is 0 Å². The van der Waals surface area contributed by atoms with Gasteiger partial charge in [0.1, 0.15) is 5.70 Å². The van der Waals surface area contributed by atoms with Crippen LogP contribution in [0.2, 0.25) is 0 Å². The lowest BCUT2D eigenvalue weighted by molar-refractivity contribution is -0.135. The third-order valence-corrected chi connectivity index (χ3v) is 1.73. The van der Waals surface area contributed by atoms with Gasteiger partial charge in [0.25, 0.3) is 5.91 Å². The van der Waals surface area contributed by atoms with Crippen LogP contribution in [0.4, 0.5) is 0 Å². The number of amides is 1. The van der Waals surface area contributed by atoms with Crippen LogP contribution in [0, 0.1) is 0 Å². The summed E-state index contributed by atoms with van der Waals surface area (Å²) in [4.78, 5) is 22.1. The summed E-state index contributed by atoms with van der Waals surface area (Å²) in [5.74, 6) is -1.04. The van der Waals surface area contributed by atoms with E-state index in [-0.39, 0.29) is 18.8 Å². The van der Waals surface area contributed by atoms with Crippen molar-refractivity contribution in [3.05, 3.63) is 11.8 Å². The fraction of sp³-hybridized carbons (Fsp3) is 0.500. The molecule has 1 rings (SSSR count). The topological polar surface area (TPSA) is 87.7 Å². The van der Waals surface area contributed by atoms with Crippen LogP contribution in [0.25, 0.3) is 0 Å². The summed E-state index contributed by atoms with van der Waals surface area (Å²) in [6.07, 6.45) is 0.399. The standard InChI is InChI=1S/C8H12N2O4/c1-14-7(12)2-6-8(13)10-4-5(11)3-9-6/h2,5,9,11H,3-4H2,1H3,(H,10,13)/b6-2+. The molecule has 3 N–H and O–H groups in total. The van der Waals surface area contributed by atoms with Crippen molar-refractivity contribution in [2.24, 2.45) is 0 Å². The highest BCUT2D eigenvalue weighted by atomic mass is 16.5. The van der Waals surface area contributed by atoms with Crippen molar-refractivity contribution in [1.82, 2.24) is 10.6 Å². The quantitative estimate of drug-likeness (QED) is 0.341. The maximum absolute atomic E-state index is 11.3. The Labute approximate surface area is 80.9 Å². The van der Waals surface area contributed by atoms with E-state index in [9.17, 15) is 14.7 Å². The van der Waals surface area contributed by atoms with Crippen LogP contribution in [0.15, 0.2) is 11.8 Å². The van der Waals surface area contributed by atoms with Crippen LogP contribution < -0.4 is 10.6 Å². The molecule has 0 aliphatic carbocycles. The van der Waals surface area contributed by atoms with Crippen molar-refractivity contribution in [3.8, 4) is 0 Å². The Kier molecular flexibility index (Phi) is 3.47. The molecule has 1 heterocycles. The molecule has 1 unspecified atom stereocenters. The Bertz CT molecular complexity index is 275. The van der Waals surface area contributed by atoms with Gasteiger partial charge in [0, 0.05) is 13.1 Å². The van der Waals surface area contributed by atoms with E-state index in [0.29, 0.717) is 0 Å². The van der Waals surface area contributed by atoms with E-state index in [1.807, 2.05) is 0 Å². The molecule has 1 atom stereocenters. The van der Waals surface area contributed by atoms with Crippen molar-refractivity contribution < 1.29 is 19.4 Å².